The smallest absolute Gasteiger partial charge is 0.322 e. The largest absolute Gasteiger partial charge is 0.497 e. The van der Waals surface area contributed by atoms with E-state index in [4.69, 9.17) is 9.47 Å². The lowest BCUT2D eigenvalue weighted by Gasteiger charge is -2.21. The number of carbonyl (C=O) groups excluding carboxylic acids is 3. The summed E-state index contributed by atoms with van der Waals surface area (Å²) in [4.78, 5) is 35.5. The molecule has 8 heteroatoms. The number of hydrogen-bond donors (Lipinski definition) is 3. The van der Waals surface area contributed by atoms with Crippen molar-refractivity contribution in [1.82, 2.24) is 10.6 Å². The van der Waals surface area contributed by atoms with Crippen LogP contribution in [0.25, 0.3) is 0 Å². The standard InChI is InChI=1S/C19H19N3O5/c1-19(17(24)21-18(25)22-19)12-4-3-5-15(10-12)27-11-16(23)20-13-6-8-14(26-2)9-7-13/h3-10H,11H2,1-2H3,(H,20,23)(H2,21,22,24,25). The minimum atomic E-state index is -1.18. The van der Waals surface area contributed by atoms with Crippen LogP contribution in [0.15, 0.2) is 48.5 Å². The van der Waals surface area contributed by atoms with E-state index < -0.39 is 17.5 Å². The maximum atomic E-state index is 12.1. The van der Waals surface area contributed by atoms with E-state index in [-0.39, 0.29) is 12.5 Å². The van der Waals surface area contributed by atoms with Gasteiger partial charge in [0.25, 0.3) is 11.8 Å². The van der Waals surface area contributed by atoms with Gasteiger partial charge in [0.2, 0.25) is 0 Å². The number of nitrogens with one attached hydrogen (secondary N) is 3. The number of anilines is 1. The third-order valence-corrected chi connectivity index (χ3v) is 4.20. The van der Waals surface area contributed by atoms with Gasteiger partial charge in [-0.1, -0.05) is 12.1 Å². The van der Waals surface area contributed by atoms with Crippen LogP contribution in [0.5, 0.6) is 11.5 Å². The molecule has 3 rings (SSSR count). The summed E-state index contributed by atoms with van der Waals surface area (Å²) in [7, 11) is 1.57. The maximum Gasteiger partial charge on any atom is 0.322 e. The first-order chi connectivity index (χ1) is 12.9. The quantitative estimate of drug-likeness (QED) is 0.673. The predicted octanol–water partition coefficient (Wildman–Crippen LogP) is 1.77. The fraction of sp³-hybridized carbons (Fsp3) is 0.211. The second-order valence-electron chi connectivity index (χ2n) is 6.13. The second-order valence-corrected chi connectivity index (χ2v) is 6.13. The zero-order chi connectivity index (χ0) is 19.4. The topological polar surface area (TPSA) is 106 Å². The van der Waals surface area contributed by atoms with Gasteiger partial charge in [0.05, 0.1) is 7.11 Å². The van der Waals surface area contributed by atoms with E-state index in [1.54, 1.807) is 62.6 Å². The van der Waals surface area contributed by atoms with Crippen LogP contribution in [0.1, 0.15) is 12.5 Å². The van der Waals surface area contributed by atoms with Crippen LogP contribution >= 0.6 is 0 Å². The Bertz CT molecular complexity index is 881. The highest BCUT2D eigenvalue weighted by molar-refractivity contribution is 6.07. The van der Waals surface area contributed by atoms with Gasteiger partial charge in [-0.15, -0.1) is 0 Å². The number of carbonyl (C=O) groups is 3. The molecule has 4 amide bonds. The SMILES string of the molecule is COc1ccc(NC(=O)COc2cccc(C3(C)NC(=O)NC3=O)c2)cc1. The molecule has 2 aromatic carbocycles. The fourth-order valence-electron chi connectivity index (χ4n) is 2.66. The fourth-order valence-corrected chi connectivity index (χ4v) is 2.66. The van der Waals surface area contributed by atoms with Gasteiger partial charge in [0.1, 0.15) is 17.0 Å². The molecule has 0 saturated carbocycles. The number of hydrogen-bond acceptors (Lipinski definition) is 5. The van der Waals surface area contributed by atoms with Gasteiger partial charge in [-0.05, 0) is 48.9 Å². The van der Waals surface area contributed by atoms with Gasteiger partial charge in [-0.3, -0.25) is 14.9 Å². The van der Waals surface area contributed by atoms with E-state index >= 15 is 0 Å². The summed E-state index contributed by atoms with van der Waals surface area (Å²) in [5.74, 6) is 0.329. The molecule has 27 heavy (non-hydrogen) atoms. The second kappa shape index (κ2) is 7.36. The summed E-state index contributed by atoms with van der Waals surface area (Å²) in [6, 6.07) is 13.0. The van der Waals surface area contributed by atoms with Crippen LogP contribution in [0.4, 0.5) is 10.5 Å². The highest BCUT2D eigenvalue weighted by Crippen LogP contribution is 2.27. The molecule has 1 saturated heterocycles. The Morgan fingerprint density at radius 3 is 2.48 bits per heavy atom. The zero-order valence-corrected chi connectivity index (χ0v) is 14.9. The predicted molar refractivity (Wildman–Crippen MR) is 97.6 cm³/mol. The monoisotopic (exact) mass is 369 g/mol. The summed E-state index contributed by atoms with van der Waals surface area (Å²) in [5, 5.41) is 7.51. The molecule has 1 heterocycles. The first-order valence-electron chi connectivity index (χ1n) is 8.21. The van der Waals surface area contributed by atoms with Crippen molar-refractivity contribution in [3.05, 3.63) is 54.1 Å². The summed E-state index contributed by atoms with van der Waals surface area (Å²) in [6.07, 6.45) is 0. The van der Waals surface area contributed by atoms with Gasteiger partial charge in [0, 0.05) is 5.69 Å². The van der Waals surface area contributed by atoms with E-state index in [9.17, 15) is 14.4 Å². The third kappa shape index (κ3) is 4.00. The molecule has 0 aliphatic carbocycles. The average molecular weight is 369 g/mol. The lowest BCUT2D eigenvalue weighted by Crippen LogP contribution is -2.40. The van der Waals surface area contributed by atoms with Crippen molar-refractivity contribution in [3.8, 4) is 11.5 Å². The summed E-state index contributed by atoms with van der Waals surface area (Å²) < 4.78 is 10.6. The molecule has 3 N–H and O–H groups in total. The van der Waals surface area contributed by atoms with Crippen molar-refractivity contribution >= 4 is 23.5 Å². The van der Waals surface area contributed by atoms with Crippen LogP contribution in [0.3, 0.4) is 0 Å². The Morgan fingerprint density at radius 1 is 1.11 bits per heavy atom. The van der Waals surface area contributed by atoms with Crippen LogP contribution < -0.4 is 25.4 Å². The number of urea groups is 1. The molecule has 1 fully saturated rings. The molecule has 0 bridgehead atoms. The van der Waals surface area contributed by atoms with Gasteiger partial charge >= 0.3 is 6.03 Å². The summed E-state index contributed by atoms with van der Waals surface area (Å²) in [5.41, 5.74) is -0.00292. The first kappa shape index (κ1) is 18.2. The normalized spacial score (nSPS) is 18.4. The molecule has 0 spiro atoms. The molecule has 1 unspecified atom stereocenters. The Balaban J connectivity index is 1.62. The van der Waals surface area contributed by atoms with Crippen LogP contribution in [-0.2, 0) is 15.1 Å². The van der Waals surface area contributed by atoms with Crippen molar-refractivity contribution in [2.75, 3.05) is 19.0 Å². The van der Waals surface area contributed by atoms with Crippen LogP contribution in [0.2, 0.25) is 0 Å². The lowest BCUT2D eigenvalue weighted by molar-refractivity contribution is -0.123. The average Bonchev–Trinajstić information content (AvgIpc) is 2.94. The molecule has 1 aliphatic rings. The Hall–Kier alpha value is -3.55. The molecule has 1 aliphatic heterocycles. The number of rotatable bonds is 6. The van der Waals surface area contributed by atoms with E-state index in [0.717, 1.165) is 0 Å². The molecule has 8 nitrogen and oxygen atoms in total. The highest BCUT2D eigenvalue weighted by Gasteiger charge is 2.43. The Kier molecular flexibility index (Phi) is 4.98. The Morgan fingerprint density at radius 2 is 1.85 bits per heavy atom. The number of methoxy groups -OCH3 is 1. The minimum absolute atomic E-state index is 0.204. The molecule has 140 valence electrons. The lowest BCUT2D eigenvalue weighted by atomic mass is 9.92. The van der Waals surface area contributed by atoms with E-state index in [0.29, 0.717) is 22.7 Å². The number of benzene rings is 2. The van der Waals surface area contributed by atoms with Crippen LogP contribution in [-0.4, -0.2) is 31.6 Å². The van der Waals surface area contributed by atoms with Crippen LogP contribution in [0, 0.1) is 0 Å². The van der Waals surface area contributed by atoms with Crippen molar-refractivity contribution in [1.29, 1.82) is 0 Å². The zero-order valence-electron chi connectivity index (χ0n) is 14.9. The highest BCUT2D eigenvalue weighted by atomic mass is 16.5. The molecule has 0 radical (unpaired) electrons. The van der Waals surface area contributed by atoms with Crippen molar-refractivity contribution < 1.29 is 23.9 Å². The van der Waals surface area contributed by atoms with Gasteiger partial charge < -0.3 is 20.1 Å². The summed E-state index contributed by atoms with van der Waals surface area (Å²) >= 11 is 0. The van der Waals surface area contributed by atoms with Gasteiger partial charge in [-0.2, -0.15) is 0 Å². The maximum absolute atomic E-state index is 12.1. The molecular formula is C19H19N3O5. The molecule has 0 aromatic heterocycles. The van der Waals surface area contributed by atoms with E-state index in [1.165, 1.54) is 0 Å². The van der Waals surface area contributed by atoms with E-state index in [2.05, 4.69) is 16.0 Å². The minimum Gasteiger partial charge on any atom is -0.497 e. The Labute approximate surface area is 155 Å². The molecule has 2 aromatic rings. The third-order valence-electron chi connectivity index (χ3n) is 4.20. The molecule has 1 atom stereocenters. The van der Waals surface area contributed by atoms with E-state index in [1.807, 2.05) is 0 Å². The van der Waals surface area contributed by atoms with Crippen molar-refractivity contribution in [2.45, 2.75) is 12.5 Å². The van der Waals surface area contributed by atoms with Crippen molar-refractivity contribution in [3.63, 3.8) is 0 Å². The van der Waals surface area contributed by atoms with Gasteiger partial charge in [-0.25, -0.2) is 4.79 Å². The number of imide groups is 1. The van der Waals surface area contributed by atoms with Gasteiger partial charge in [0.15, 0.2) is 6.61 Å². The number of amides is 4. The molecular weight excluding hydrogens is 350 g/mol. The first-order valence-corrected chi connectivity index (χ1v) is 8.21. The summed E-state index contributed by atoms with van der Waals surface area (Å²) in [6.45, 7) is 1.40. The number of ether oxygens (including phenoxy) is 2. The van der Waals surface area contributed by atoms with Crippen molar-refractivity contribution in [2.24, 2.45) is 0 Å².